The van der Waals surface area contributed by atoms with E-state index in [2.05, 4.69) is 309 Å². The summed E-state index contributed by atoms with van der Waals surface area (Å²) in [5, 5.41) is 14.7. The van der Waals surface area contributed by atoms with Crippen LogP contribution in [0.4, 0.5) is 0 Å². The average Bonchev–Trinajstić information content (AvgIpc) is 1.75. The zero-order chi connectivity index (χ0) is 59.0. The van der Waals surface area contributed by atoms with Crippen molar-refractivity contribution in [2.45, 2.75) is 0 Å². The molecule has 6 heteroatoms. The van der Waals surface area contributed by atoms with Crippen LogP contribution in [-0.4, -0.2) is 18.3 Å². The first-order valence-corrected chi connectivity index (χ1v) is 30.7. The third-order valence-electron chi connectivity index (χ3n) is 18.6. The van der Waals surface area contributed by atoms with Crippen LogP contribution >= 0.6 is 0 Å². The Morgan fingerprint density at radius 3 is 1.12 bits per heavy atom. The summed E-state index contributed by atoms with van der Waals surface area (Å²) in [6.07, 6.45) is 0. The van der Waals surface area contributed by atoms with Crippen LogP contribution in [0.2, 0.25) is 0 Å². The van der Waals surface area contributed by atoms with E-state index in [1.165, 1.54) is 104 Å². The summed E-state index contributed by atoms with van der Waals surface area (Å²) in [5.41, 5.74) is 22.5. The average molecular weight is 1150 g/mol. The molecule has 0 amide bonds. The molecule has 0 radical (unpaired) electrons. The van der Waals surface area contributed by atoms with Gasteiger partial charge in [-0.2, -0.15) is 0 Å². The first-order chi connectivity index (χ1) is 44.7. The molecule has 0 atom stereocenters. The molecule has 14 aromatic carbocycles. The molecular weight excluding hydrogens is 1100 g/mol. The molecule has 0 fully saturated rings. The number of furan rings is 2. The molecule has 0 unspecified atom stereocenters. The van der Waals surface area contributed by atoms with Crippen molar-refractivity contribution in [2.75, 3.05) is 0 Å². The highest BCUT2D eigenvalue weighted by atomic mass is 16.3. The standard InChI is InChI=1S/2C42H26N2O/c1-2-11-28(12-3-1)43-35-18-7-4-14-33(35)40-37(43)25-26-38-41(40)34-15-5-8-19-36(34)44(38)29-23-21-27(22-24-29)30-16-10-17-32-31-13-6-9-20-39(31)45-42(30)32;1-2-10-29(11-3-1)43-37-15-7-4-12-31(37)34-25-35-32-13-5-8-16-38(32)44(40(35)26-39(34)43)30-21-18-27(19-22-30)28-20-23-42-36(24-28)33-14-6-9-17-41(33)45-42/h2*1-26H. The number of nitrogens with zero attached hydrogens (tertiary/aromatic N) is 4. The van der Waals surface area contributed by atoms with Gasteiger partial charge in [-0.3, -0.25) is 0 Å². The Kier molecular flexibility index (Phi) is 11.0. The van der Waals surface area contributed by atoms with Gasteiger partial charge >= 0.3 is 0 Å². The van der Waals surface area contributed by atoms with E-state index < -0.39 is 0 Å². The predicted molar refractivity (Wildman–Crippen MR) is 376 cm³/mol. The molecule has 0 aliphatic rings. The summed E-state index contributed by atoms with van der Waals surface area (Å²) in [7, 11) is 0. The topological polar surface area (TPSA) is 46.0 Å². The van der Waals surface area contributed by atoms with Crippen molar-refractivity contribution < 1.29 is 8.83 Å². The van der Waals surface area contributed by atoms with Gasteiger partial charge in [0.1, 0.15) is 22.3 Å². The molecule has 0 N–H and O–H groups in total. The van der Waals surface area contributed by atoms with Gasteiger partial charge in [0.2, 0.25) is 0 Å². The summed E-state index contributed by atoms with van der Waals surface area (Å²) in [5.74, 6) is 0. The molecule has 0 saturated carbocycles. The Morgan fingerprint density at radius 2 is 0.578 bits per heavy atom. The molecule has 0 spiro atoms. The van der Waals surface area contributed by atoms with E-state index >= 15 is 0 Å². The van der Waals surface area contributed by atoms with Gasteiger partial charge in [-0.05, 0) is 138 Å². The fourth-order valence-electron chi connectivity index (χ4n) is 14.7. The van der Waals surface area contributed by atoms with Crippen molar-refractivity contribution >= 4 is 131 Å². The highest BCUT2D eigenvalue weighted by Crippen LogP contribution is 2.45. The van der Waals surface area contributed by atoms with E-state index in [1.807, 2.05) is 24.3 Å². The zero-order valence-corrected chi connectivity index (χ0v) is 48.6. The Bertz CT molecular complexity index is 6250. The lowest BCUT2D eigenvalue weighted by molar-refractivity contribution is 0.669. The summed E-state index contributed by atoms with van der Waals surface area (Å²) in [6.45, 7) is 0. The van der Waals surface area contributed by atoms with Gasteiger partial charge in [0.25, 0.3) is 0 Å². The summed E-state index contributed by atoms with van der Waals surface area (Å²) >= 11 is 0. The van der Waals surface area contributed by atoms with Crippen molar-refractivity contribution in [1.29, 1.82) is 0 Å². The number of hydrogen-bond donors (Lipinski definition) is 0. The van der Waals surface area contributed by atoms with Crippen LogP contribution in [0.25, 0.3) is 176 Å². The zero-order valence-electron chi connectivity index (χ0n) is 48.6. The molecule has 6 aromatic heterocycles. The number of para-hydroxylation sites is 9. The number of rotatable bonds is 6. The summed E-state index contributed by atoms with van der Waals surface area (Å²) < 4.78 is 22.0. The van der Waals surface area contributed by atoms with Crippen molar-refractivity contribution in [3.63, 3.8) is 0 Å². The van der Waals surface area contributed by atoms with Crippen LogP contribution in [0.15, 0.2) is 324 Å². The first kappa shape index (κ1) is 50.1. The summed E-state index contributed by atoms with van der Waals surface area (Å²) in [4.78, 5) is 0. The van der Waals surface area contributed by atoms with Gasteiger partial charge in [-0.25, -0.2) is 0 Å². The van der Waals surface area contributed by atoms with E-state index in [1.54, 1.807) is 0 Å². The van der Waals surface area contributed by atoms with Crippen LogP contribution in [0.1, 0.15) is 0 Å². The fraction of sp³-hybridized carbons (Fsp3) is 0. The van der Waals surface area contributed by atoms with Crippen molar-refractivity contribution in [2.24, 2.45) is 0 Å². The molecule has 0 bridgehead atoms. The Balaban J connectivity index is 0.000000130. The minimum Gasteiger partial charge on any atom is -0.456 e. The minimum absolute atomic E-state index is 0.918. The van der Waals surface area contributed by atoms with Crippen LogP contribution in [0, 0.1) is 0 Å². The summed E-state index contributed by atoms with van der Waals surface area (Å²) in [6, 6.07) is 113. The van der Waals surface area contributed by atoms with E-state index in [0.29, 0.717) is 0 Å². The van der Waals surface area contributed by atoms with Crippen LogP contribution < -0.4 is 0 Å². The van der Waals surface area contributed by atoms with Gasteiger partial charge < -0.3 is 27.1 Å². The van der Waals surface area contributed by atoms with Gasteiger partial charge in [-0.15, -0.1) is 0 Å². The molecule has 90 heavy (non-hydrogen) atoms. The molecule has 6 nitrogen and oxygen atoms in total. The van der Waals surface area contributed by atoms with Gasteiger partial charge in [0, 0.05) is 92.9 Å². The van der Waals surface area contributed by atoms with Crippen LogP contribution in [0.5, 0.6) is 0 Å². The smallest absolute Gasteiger partial charge is 0.143 e. The number of benzene rings is 14. The lowest BCUT2D eigenvalue weighted by Gasteiger charge is -2.11. The third kappa shape index (κ3) is 7.52. The second-order valence-electron chi connectivity index (χ2n) is 23.5. The number of aromatic nitrogens is 4. The van der Waals surface area contributed by atoms with Crippen molar-refractivity contribution in [3.05, 3.63) is 315 Å². The van der Waals surface area contributed by atoms with Gasteiger partial charge in [0.05, 0.1) is 44.1 Å². The minimum atomic E-state index is 0.918. The Hall–Kier alpha value is -12.1. The van der Waals surface area contributed by atoms with Crippen molar-refractivity contribution in [1.82, 2.24) is 18.3 Å². The molecular formula is C84H52N4O2. The highest BCUT2D eigenvalue weighted by molar-refractivity contribution is 6.29. The van der Waals surface area contributed by atoms with Crippen LogP contribution in [-0.2, 0) is 0 Å². The second-order valence-corrected chi connectivity index (χ2v) is 23.5. The van der Waals surface area contributed by atoms with E-state index in [-0.39, 0.29) is 0 Å². The lowest BCUT2D eigenvalue weighted by atomic mass is 10.0. The molecule has 20 rings (SSSR count). The highest BCUT2D eigenvalue weighted by Gasteiger charge is 2.23. The monoisotopic (exact) mass is 1150 g/mol. The molecule has 420 valence electrons. The SMILES string of the molecule is c1ccc(-n2c3ccccc3c3c4c5ccccc5n(-c5ccc(-c6cccc7c6oc6ccccc67)cc5)c4ccc32)cc1.c1ccc(-n2c3ccccc3c3cc4c5ccccc5n(-c5ccc(-c6ccc7oc8ccccc8c7c6)cc5)c4cc32)cc1. The van der Waals surface area contributed by atoms with Gasteiger partial charge in [0.15, 0.2) is 0 Å². The van der Waals surface area contributed by atoms with Crippen molar-refractivity contribution in [3.8, 4) is 45.0 Å². The maximum atomic E-state index is 6.36. The Morgan fingerprint density at radius 1 is 0.189 bits per heavy atom. The lowest BCUT2D eigenvalue weighted by Crippen LogP contribution is -1.95. The Labute approximate surface area is 515 Å². The van der Waals surface area contributed by atoms with Gasteiger partial charge in [-0.1, -0.05) is 194 Å². The molecule has 20 aromatic rings. The molecule has 0 aliphatic heterocycles. The van der Waals surface area contributed by atoms with E-state index in [9.17, 15) is 0 Å². The fourth-order valence-corrected chi connectivity index (χ4v) is 14.7. The van der Waals surface area contributed by atoms with Crippen LogP contribution in [0.3, 0.4) is 0 Å². The number of hydrogen-bond acceptors (Lipinski definition) is 2. The third-order valence-corrected chi connectivity index (χ3v) is 18.6. The predicted octanol–water partition coefficient (Wildman–Crippen LogP) is 22.9. The molecule has 0 saturated heterocycles. The quantitative estimate of drug-likeness (QED) is 0.167. The van der Waals surface area contributed by atoms with E-state index in [4.69, 9.17) is 8.83 Å². The first-order valence-electron chi connectivity index (χ1n) is 30.7. The second kappa shape index (κ2) is 19.7. The maximum absolute atomic E-state index is 6.36. The number of fused-ring (bicyclic) bond motifs is 19. The largest absolute Gasteiger partial charge is 0.456 e. The normalized spacial score (nSPS) is 12.0. The van der Waals surface area contributed by atoms with E-state index in [0.717, 1.165) is 72.1 Å². The maximum Gasteiger partial charge on any atom is 0.143 e. The molecule has 6 heterocycles. The molecule has 0 aliphatic carbocycles.